The number of aromatic nitrogens is 3. The van der Waals surface area contributed by atoms with Crippen molar-refractivity contribution >= 4 is 17.7 Å². The Morgan fingerprint density at radius 3 is 2.48 bits per heavy atom. The minimum absolute atomic E-state index is 0.0121. The molecule has 120 valence electrons. The molecular weight excluding hydrogens is 292 g/mol. The molecular formula is C16H20N6O. The first-order valence-corrected chi connectivity index (χ1v) is 7.61. The van der Waals surface area contributed by atoms with Crippen LogP contribution in [0.5, 0.6) is 0 Å². The summed E-state index contributed by atoms with van der Waals surface area (Å²) in [5.74, 6) is 1.57. The van der Waals surface area contributed by atoms with Crippen LogP contribution in [0.2, 0.25) is 0 Å². The second kappa shape index (κ2) is 6.60. The van der Waals surface area contributed by atoms with Gasteiger partial charge in [0.2, 0.25) is 5.95 Å². The number of pyridine rings is 1. The fraction of sp³-hybridized carbons (Fsp3) is 0.375. The Morgan fingerprint density at radius 2 is 1.83 bits per heavy atom. The molecule has 0 aromatic carbocycles. The van der Waals surface area contributed by atoms with Gasteiger partial charge in [-0.25, -0.2) is 4.98 Å². The van der Waals surface area contributed by atoms with Crippen LogP contribution < -0.4 is 9.80 Å². The van der Waals surface area contributed by atoms with Crippen LogP contribution in [0.15, 0.2) is 36.7 Å². The van der Waals surface area contributed by atoms with Crippen LogP contribution in [-0.2, 0) is 0 Å². The van der Waals surface area contributed by atoms with Gasteiger partial charge >= 0.3 is 0 Å². The second-order valence-corrected chi connectivity index (χ2v) is 5.60. The topological polar surface area (TPSA) is 65.5 Å². The molecule has 1 amide bonds. The SMILES string of the molecule is CN(C)c1nccc(N2CCN(C(=O)c3ccccn3)CC2)n1. The molecule has 1 fully saturated rings. The number of hydrogen-bond donors (Lipinski definition) is 0. The maximum atomic E-state index is 12.4. The number of carbonyl (C=O) groups excluding carboxylic acids is 1. The summed E-state index contributed by atoms with van der Waals surface area (Å²) in [6.45, 7) is 2.83. The van der Waals surface area contributed by atoms with E-state index in [-0.39, 0.29) is 5.91 Å². The van der Waals surface area contributed by atoms with E-state index in [2.05, 4.69) is 19.9 Å². The number of piperazine rings is 1. The predicted octanol–water partition coefficient (Wildman–Crippen LogP) is 0.900. The Kier molecular flexibility index (Phi) is 4.36. The van der Waals surface area contributed by atoms with E-state index in [0.717, 1.165) is 18.9 Å². The van der Waals surface area contributed by atoms with Crippen LogP contribution in [0.3, 0.4) is 0 Å². The van der Waals surface area contributed by atoms with E-state index in [1.807, 2.05) is 42.1 Å². The van der Waals surface area contributed by atoms with E-state index in [9.17, 15) is 4.79 Å². The maximum Gasteiger partial charge on any atom is 0.272 e. The van der Waals surface area contributed by atoms with Crippen molar-refractivity contribution in [1.29, 1.82) is 0 Å². The maximum absolute atomic E-state index is 12.4. The molecule has 0 unspecified atom stereocenters. The molecule has 0 saturated carbocycles. The molecule has 2 aromatic heterocycles. The molecule has 0 radical (unpaired) electrons. The largest absolute Gasteiger partial charge is 0.353 e. The molecule has 1 saturated heterocycles. The second-order valence-electron chi connectivity index (χ2n) is 5.60. The Labute approximate surface area is 135 Å². The molecule has 1 aliphatic heterocycles. The van der Waals surface area contributed by atoms with E-state index < -0.39 is 0 Å². The van der Waals surface area contributed by atoms with Crippen LogP contribution in [-0.4, -0.2) is 66.0 Å². The molecule has 0 aliphatic carbocycles. The molecule has 7 nitrogen and oxygen atoms in total. The summed E-state index contributed by atoms with van der Waals surface area (Å²) in [5, 5.41) is 0. The van der Waals surface area contributed by atoms with E-state index in [0.29, 0.717) is 24.7 Å². The van der Waals surface area contributed by atoms with Gasteiger partial charge in [0.15, 0.2) is 0 Å². The van der Waals surface area contributed by atoms with Crippen molar-refractivity contribution in [2.24, 2.45) is 0 Å². The van der Waals surface area contributed by atoms with Gasteiger partial charge in [0.25, 0.3) is 5.91 Å². The van der Waals surface area contributed by atoms with Crippen molar-refractivity contribution < 1.29 is 4.79 Å². The van der Waals surface area contributed by atoms with Crippen LogP contribution in [0.4, 0.5) is 11.8 Å². The van der Waals surface area contributed by atoms with Crippen molar-refractivity contribution in [3.63, 3.8) is 0 Å². The van der Waals surface area contributed by atoms with Gasteiger partial charge in [0.1, 0.15) is 11.5 Å². The van der Waals surface area contributed by atoms with E-state index in [1.54, 1.807) is 18.5 Å². The van der Waals surface area contributed by atoms with E-state index in [1.165, 1.54) is 0 Å². The van der Waals surface area contributed by atoms with Gasteiger partial charge in [-0.2, -0.15) is 4.98 Å². The van der Waals surface area contributed by atoms with Gasteiger partial charge in [-0.05, 0) is 18.2 Å². The minimum atomic E-state index is -0.0121. The molecule has 2 aromatic rings. The summed E-state index contributed by atoms with van der Waals surface area (Å²) in [5.41, 5.74) is 0.498. The Bertz CT molecular complexity index is 667. The molecule has 0 spiro atoms. The van der Waals surface area contributed by atoms with Gasteiger partial charge in [0.05, 0.1) is 0 Å². The fourth-order valence-corrected chi connectivity index (χ4v) is 2.52. The number of amides is 1. The fourth-order valence-electron chi connectivity index (χ4n) is 2.52. The van der Waals surface area contributed by atoms with E-state index >= 15 is 0 Å². The predicted molar refractivity (Wildman–Crippen MR) is 88.7 cm³/mol. The van der Waals surface area contributed by atoms with Gasteiger partial charge in [-0.1, -0.05) is 6.07 Å². The first-order valence-electron chi connectivity index (χ1n) is 7.61. The lowest BCUT2D eigenvalue weighted by Crippen LogP contribution is -2.49. The molecule has 0 atom stereocenters. The van der Waals surface area contributed by atoms with Crippen LogP contribution >= 0.6 is 0 Å². The average Bonchev–Trinajstić information content (AvgIpc) is 2.62. The van der Waals surface area contributed by atoms with Crippen molar-refractivity contribution in [3.8, 4) is 0 Å². The summed E-state index contributed by atoms with van der Waals surface area (Å²) in [6.07, 6.45) is 3.41. The molecule has 3 rings (SSSR count). The smallest absolute Gasteiger partial charge is 0.272 e. The Morgan fingerprint density at radius 1 is 1.04 bits per heavy atom. The minimum Gasteiger partial charge on any atom is -0.353 e. The molecule has 3 heterocycles. The van der Waals surface area contributed by atoms with Gasteiger partial charge < -0.3 is 14.7 Å². The normalized spacial score (nSPS) is 14.7. The first kappa shape index (κ1) is 15.2. The summed E-state index contributed by atoms with van der Waals surface area (Å²) in [7, 11) is 3.84. The lowest BCUT2D eigenvalue weighted by atomic mass is 10.2. The third kappa shape index (κ3) is 3.39. The molecule has 23 heavy (non-hydrogen) atoms. The zero-order valence-electron chi connectivity index (χ0n) is 13.4. The molecule has 1 aliphatic rings. The Balaban J connectivity index is 1.64. The third-order valence-electron chi connectivity index (χ3n) is 3.80. The Hall–Kier alpha value is -2.70. The van der Waals surface area contributed by atoms with E-state index in [4.69, 9.17) is 0 Å². The van der Waals surface area contributed by atoms with Crippen molar-refractivity contribution in [1.82, 2.24) is 19.9 Å². The first-order chi connectivity index (χ1) is 11.1. The zero-order valence-corrected chi connectivity index (χ0v) is 13.4. The monoisotopic (exact) mass is 312 g/mol. The summed E-state index contributed by atoms with van der Waals surface area (Å²) in [6, 6.07) is 7.30. The number of anilines is 2. The highest BCUT2D eigenvalue weighted by atomic mass is 16.2. The van der Waals surface area contributed by atoms with Crippen LogP contribution in [0, 0.1) is 0 Å². The van der Waals surface area contributed by atoms with Crippen molar-refractivity contribution in [2.45, 2.75) is 0 Å². The average molecular weight is 312 g/mol. The lowest BCUT2D eigenvalue weighted by molar-refractivity contribution is 0.0740. The van der Waals surface area contributed by atoms with Gasteiger partial charge in [-0.3, -0.25) is 9.78 Å². The van der Waals surface area contributed by atoms with Crippen molar-refractivity contribution in [2.75, 3.05) is 50.1 Å². The summed E-state index contributed by atoms with van der Waals surface area (Å²) >= 11 is 0. The zero-order chi connectivity index (χ0) is 16.2. The summed E-state index contributed by atoms with van der Waals surface area (Å²) in [4.78, 5) is 31.2. The number of carbonyl (C=O) groups is 1. The highest BCUT2D eigenvalue weighted by Crippen LogP contribution is 2.16. The van der Waals surface area contributed by atoms with Gasteiger partial charge in [0, 0.05) is 52.7 Å². The summed E-state index contributed by atoms with van der Waals surface area (Å²) < 4.78 is 0. The third-order valence-corrected chi connectivity index (χ3v) is 3.80. The standard InChI is InChI=1S/C16H20N6O/c1-20(2)16-18-8-6-14(19-16)21-9-11-22(12-10-21)15(23)13-5-3-4-7-17-13/h3-8H,9-12H2,1-2H3. The van der Waals surface area contributed by atoms with Crippen LogP contribution in [0.1, 0.15) is 10.5 Å². The molecule has 7 heteroatoms. The highest BCUT2D eigenvalue weighted by molar-refractivity contribution is 5.92. The molecule has 0 bridgehead atoms. The number of nitrogens with zero attached hydrogens (tertiary/aromatic N) is 6. The number of hydrogen-bond acceptors (Lipinski definition) is 6. The quantitative estimate of drug-likeness (QED) is 0.839. The lowest BCUT2D eigenvalue weighted by Gasteiger charge is -2.35. The highest BCUT2D eigenvalue weighted by Gasteiger charge is 2.23. The number of rotatable bonds is 3. The molecule has 0 N–H and O–H groups in total. The van der Waals surface area contributed by atoms with Crippen LogP contribution in [0.25, 0.3) is 0 Å². The van der Waals surface area contributed by atoms with Crippen molar-refractivity contribution in [3.05, 3.63) is 42.4 Å². The van der Waals surface area contributed by atoms with Gasteiger partial charge in [-0.15, -0.1) is 0 Å².